The Morgan fingerprint density at radius 3 is 2.06 bits per heavy atom. The Labute approximate surface area is 217 Å². The molecule has 0 amide bonds. The number of rotatable bonds is 10. The fraction of sp³-hybridized carbons (Fsp3) is 0.103. The second kappa shape index (κ2) is 12.6. The predicted molar refractivity (Wildman–Crippen MR) is 139 cm³/mol. The van der Waals surface area contributed by atoms with Gasteiger partial charge in [0.25, 0.3) is 0 Å². The van der Waals surface area contributed by atoms with Crippen molar-refractivity contribution in [2.24, 2.45) is 0 Å². The molecule has 0 aliphatic heterocycles. The molecular formula is C29H23BrO6. The first-order valence-electron chi connectivity index (χ1n) is 11.2. The smallest absolute Gasteiger partial charge is 0.349 e. The molecule has 0 spiro atoms. The second-order valence-electron chi connectivity index (χ2n) is 7.60. The molecule has 0 aromatic heterocycles. The van der Waals surface area contributed by atoms with Crippen LogP contribution < -0.4 is 14.2 Å². The molecule has 0 unspecified atom stereocenters. The molecule has 4 aromatic rings. The minimum atomic E-state index is -0.567. The van der Waals surface area contributed by atoms with Crippen LogP contribution in [0.2, 0.25) is 0 Å². The topological polar surface area (TPSA) is 71.1 Å². The van der Waals surface area contributed by atoms with Gasteiger partial charge in [0, 0.05) is 0 Å². The number of hydrogen-bond acceptors (Lipinski definition) is 6. The lowest BCUT2D eigenvalue weighted by atomic mass is 10.1. The summed E-state index contributed by atoms with van der Waals surface area (Å²) >= 11 is 3.49. The van der Waals surface area contributed by atoms with Gasteiger partial charge in [0.1, 0.15) is 30.5 Å². The molecule has 182 valence electrons. The maximum Gasteiger partial charge on any atom is 0.349 e. The molecule has 0 fully saturated rings. The van der Waals surface area contributed by atoms with Crippen LogP contribution >= 0.6 is 15.9 Å². The lowest BCUT2D eigenvalue weighted by molar-refractivity contribution is -0.136. The lowest BCUT2D eigenvalue weighted by Crippen LogP contribution is -2.18. The maximum absolute atomic E-state index is 12.2. The average molecular weight is 547 g/mol. The Hall–Kier alpha value is -4.10. The van der Waals surface area contributed by atoms with Gasteiger partial charge in [-0.1, -0.05) is 54.6 Å². The SMILES string of the molecule is O=C(COc1ccc(-c2ccccc2)cc1Br)Oc1ccc(C(=O)OCCOc2ccccc2)cc1. The third-order valence-corrected chi connectivity index (χ3v) is 5.65. The summed E-state index contributed by atoms with van der Waals surface area (Å²) in [6.07, 6.45) is 0. The molecule has 0 bridgehead atoms. The highest BCUT2D eigenvalue weighted by Crippen LogP contribution is 2.30. The lowest BCUT2D eigenvalue weighted by Gasteiger charge is -2.10. The zero-order valence-corrected chi connectivity index (χ0v) is 20.8. The largest absolute Gasteiger partial charge is 0.490 e. The van der Waals surface area contributed by atoms with E-state index in [1.165, 1.54) is 24.3 Å². The Kier molecular flexibility index (Phi) is 8.72. The number of benzene rings is 4. The summed E-state index contributed by atoms with van der Waals surface area (Å²) in [5.74, 6) is 0.478. The van der Waals surface area contributed by atoms with E-state index in [4.69, 9.17) is 18.9 Å². The first-order valence-corrected chi connectivity index (χ1v) is 12.0. The van der Waals surface area contributed by atoms with Gasteiger partial charge in [-0.2, -0.15) is 0 Å². The Balaban J connectivity index is 1.21. The molecule has 0 aliphatic rings. The van der Waals surface area contributed by atoms with E-state index in [1.54, 1.807) is 6.07 Å². The number of halogens is 1. The van der Waals surface area contributed by atoms with E-state index in [2.05, 4.69) is 15.9 Å². The molecular weight excluding hydrogens is 524 g/mol. The van der Waals surface area contributed by atoms with Crippen LogP contribution in [-0.2, 0) is 9.53 Å². The summed E-state index contributed by atoms with van der Waals surface area (Å²) in [7, 11) is 0. The van der Waals surface area contributed by atoms with Crippen molar-refractivity contribution in [3.63, 3.8) is 0 Å². The predicted octanol–water partition coefficient (Wildman–Crippen LogP) is 6.34. The third-order valence-electron chi connectivity index (χ3n) is 5.03. The number of carbonyl (C=O) groups is 2. The molecule has 0 saturated carbocycles. The highest BCUT2D eigenvalue weighted by atomic mass is 79.9. The van der Waals surface area contributed by atoms with Gasteiger partial charge in [-0.05, 0) is 75.6 Å². The summed E-state index contributed by atoms with van der Waals surface area (Å²) in [5, 5.41) is 0. The molecule has 36 heavy (non-hydrogen) atoms. The van der Waals surface area contributed by atoms with Crippen molar-refractivity contribution >= 4 is 27.9 Å². The Bertz CT molecular complexity index is 1290. The molecule has 0 atom stereocenters. The van der Waals surface area contributed by atoms with E-state index in [1.807, 2.05) is 72.8 Å². The highest BCUT2D eigenvalue weighted by Gasteiger charge is 2.11. The van der Waals surface area contributed by atoms with Crippen LogP contribution in [0.25, 0.3) is 11.1 Å². The van der Waals surface area contributed by atoms with Crippen LogP contribution in [0.15, 0.2) is 108 Å². The molecule has 0 N–H and O–H groups in total. The maximum atomic E-state index is 12.2. The zero-order valence-electron chi connectivity index (χ0n) is 19.3. The van der Waals surface area contributed by atoms with Crippen molar-refractivity contribution in [3.8, 4) is 28.4 Å². The van der Waals surface area contributed by atoms with Gasteiger partial charge in [0.05, 0.1) is 10.0 Å². The molecule has 4 aromatic carbocycles. The van der Waals surface area contributed by atoms with Crippen LogP contribution in [-0.4, -0.2) is 31.8 Å². The van der Waals surface area contributed by atoms with Gasteiger partial charge in [-0.25, -0.2) is 9.59 Å². The molecule has 7 heteroatoms. The Morgan fingerprint density at radius 1 is 0.667 bits per heavy atom. The van der Waals surface area contributed by atoms with Crippen molar-refractivity contribution in [1.29, 1.82) is 0 Å². The highest BCUT2D eigenvalue weighted by molar-refractivity contribution is 9.10. The van der Waals surface area contributed by atoms with E-state index >= 15 is 0 Å². The van der Waals surface area contributed by atoms with Crippen LogP contribution in [0.5, 0.6) is 17.2 Å². The summed E-state index contributed by atoms with van der Waals surface area (Å²) in [4.78, 5) is 24.4. The zero-order chi connectivity index (χ0) is 25.2. The normalized spacial score (nSPS) is 10.4. The van der Waals surface area contributed by atoms with E-state index in [0.29, 0.717) is 22.8 Å². The van der Waals surface area contributed by atoms with E-state index < -0.39 is 11.9 Å². The van der Waals surface area contributed by atoms with Crippen LogP contribution in [0.1, 0.15) is 10.4 Å². The van der Waals surface area contributed by atoms with Gasteiger partial charge >= 0.3 is 11.9 Å². The first kappa shape index (κ1) is 25.0. The molecule has 0 radical (unpaired) electrons. The van der Waals surface area contributed by atoms with Gasteiger partial charge in [0.15, 0.2) is 6.61 Å². The minimum Gasteiger partial charge on any atom is -0.490 e. The van der Waals surface area contributed by atoms with Gasteiger partial charge in [0.2, 0.25) is 0 Å². The van der Waals surface area contributed by atoms with Crippen LogP contribution in [0.3, 0.4) is 0 Å². The molecule has 4 rings (SSSR count). The van der Waals surface area contributed by atoms with Gasteiger partial charge < -0.3 is 18.9 Å². The van der Waals surface area contributed by atoms with Crippen molar-refractivity contribution in [1.82, 2.24) is 0 Å². The number of esters is 2. The third kappa shape index (κ3) is 7.20. The number of carbonyl (C=O) groups excluding carboxylic acids is 2. The summed E-state index contributed by atoms with van der Waals surface area (Å²) in [6.45, 7) is 0.0920. The summed E-state index contributed by atoms with van der Waals surface area (Å²) in [6, 6.07) is 31.0. The fourth-order valence-electron chi connectivity index (χ4n) is 3.28. The van der Waals surface area contributed by atoms with Crippen LogP contribution in [0, 0.1) is 0 Å². The number of ether oxygens (including phenoxy) is 4. The average Bonchev–Trinajstić information content (AvgIpc) is 2.92. The van der Waals surface area contributed by atoms with Crippen molar-refractivity contribution in [2.45, 2.75) is 0 Å². The molecule has 0 saturated heterocycles. The second-order valence-corrected chi connectivity index (χ2v) is 8.45. The molecule has 6 nitrogen and oxygen atoms in total. The first-order chi connectivity index (χ1) is 17.6. The van der Waals surface area contributed by atoms with E-state index in [0.717, 1.165) is 15.6 Å². The van der Waals surface area contributed by atoms with Gasteiger partial charge in [-0.15, -0.1) is 0 Å². The van der Waals surface area contributed by atoms with E-state index in [-0.39, 0.29) is 19.8 Å². The van der Waals surface area contributed by atoms with Gasteiger partial charge in [-0.3, -0.25) is 0 Å². The van der Waals surface area contributed by atoms with Crippen molar-refractivity contribution in [2.75, 3.05) is 19.8 Å². The molecule has 0 heterocycles. The number of para-hydroxylation sites is 1. The van der Waals surface area contributed by atoms with Crippen molar-refractivity contribution in [3.05, 3.63) is 113 Å². The monoisotopic (exact) mass is 546 g/mol. The number of hydrogen-bond donors (Lipinski definition) is 0. The Morgan fingerprint density at radius 2 is 1.36 bits per heavy atom. The minimum absolute atomic E-state index is 0.115. The summed E-state index contributed by atoms with van der Waals surface area (Å²) in [5.41, 5.74) is 2.45. The fourth-order valence-corrected chi connectivity index (χ4v) is 3.77. The quantitative estimate of drug-likeness (QED) is 0.131. The standard InChI is InChI=1S/C29H23BrO6/c30-26-19-23(21-7-3-1-4-8-21)13-16-27(26)35-20-28(31)36-25-14-11-22(12-15-25)29(32)34-18-17-33-24-9-5-2-6-10-24/h1-16,19H,17-18,20H2. The van der Waals surface area contributed by atoms with Crippen LogP contribution in [0.4, 0.5) is 0 Å². The van der Waals surface area contributed by atoms with E-state index in [9.17, 15) is 9.59 Å². The molecule has 0 aliphatic carbocycles. The van der Waals surface area contributed by atoms with Crippen molar-refractivity contribution < 1.29 is 28.5 Å². The summed E-state index contributed by atoms with van der Waals surface area (Å²) < 4.78 is 22.3.